The van der Waals surface area contributed by atoms with Crippen molar-refractivity contribution in [3.8, 4) is 0 Å². The van der Waals surface area contributed by atoms with Gasteiger partial charge in [0.05, 0.1) is 23.2 Å². The molecule has 1 aliphatic heterocycles. The number of nitrogens with zero attached hydrogens (tertiary/aromatic N) is 3. The maximum absolute atomic E-state index is 13.1. The minimum atomic E-state index is -3.10. The van der Waals surface area contributed by atoms with Crippen LogP contribution in [0.3, 0.4) is 0 Å². The standard InChI is InChI=1S/C19H25N3O4S2/c1-3-12(2)22(13-7-8-28(25,26)10-13)16(23)9-21-11-20-18-17(19(21)24)14-5-4-6-15(14)27-18/h11-13H,3-10H2,1-2H3/t12-,13-/m0/s1. The maximum Gasteiger partial charge on any atom is 0.262 e. The minimum Gasteiger partial charge on any atom is -0.334 e. The molecule has 0 aromatic carbocycles. The van der Waals surface area contributed by atoms with Gasteiger partial charge in [-0.2, -0.15) is 0 Å². The lowest BCUT2D eigenvalue weighted by molar-refractivity contribution is -0.136. The van der Waals surface area contributed by atoms with Crippen molar-refractivity contribution in [2.45, 2.75) is 64.6 Å². The Morgan fingerprint density at radius 1 is 1.43 bits per heavy atom. The van der Waals surface area contributed by atoms with Crippen LogP contribution in [0.4, 0.5) is 0 Å². The predicted octanol–water partition coefficient (Wildman–Crippen LogP) is 1.76. The zero-order valence-electron chi connectivity index (χ0n) is 16.2. The zero-order valence-corrected chi connectivity index (χ0v) is 17.8. The highest BCUT2D eigenvalue weighted by Crippen LogP contribution is 2.34. The molecule has 1 saturated heterocycles. The van der Waals surface area contributed by atoms with Gasteiger partial charge in [-0.25, -0.2) is 13.4 Å². The van der Waals surface area contributed by atoms with Gasteiger partial charge in [0.15, 0.2) is 9.84 Å². The van der Waals surface area contributed by atoms with E-state index in [-0.39, 0.29) is 41.6 Å². The topological polar surface area (TPSA) is 89.3 Å². The van der Waals surface area contributed by atoms with E-state index in [1.54, 1.807) is 16.2 Å². The second-order valence-electron chi connectivity index (χ2n) is 7.83. The number of aromatic nitrogens is 2. The van der Waals surface area contributed by atoms with E-state index in [2.05, 4.69) is 4.98 Å². The molecule has 1 amide bonds. The van der Waals surface area contributed by atoms with Gasteiger partial charge >= 0.3 is 0 Å². The quantitative estimate of drug-likeness (QED) is 0.731. The zero-order chi connectivity index (χ0) is 20.1. The van der Waals surface area contributed by atoms with Crippen LogP contribution in [0.5, 0.6) is 0 Å². The van der Waals surface area contributed by atoms with Gasteiger partial charge < -0.3 is 4.90 Å². The first-order valence-electron chi connectivity index (χ1n) is 9.82. The van der Waals surface area contributed by atoms with Crippen molar-refractivity contribution in [2.24, 2.45) is 0 Å². The average Bonchev–Trinajstić information content (AvgIpc) is 3.31. The smallest absolute Gasteiger partial charge is 0.262 e. The summed E-state index contributed by atoms with van der Waals surface area (Å²) in [7, 11) is -3.10. The first-order chi connectivity index (χ1) is 13.3. The van der Waals surface area contributed by atoms with E-state index in [1.807, 2.05) is 13.8 Å². The Bertz CT molecular complexity index is 1090. The number of aryl methyl sites for hydroxylation is 2. The largest absolute Gasteiger partial charge is 0.334 e. The third kappa shape index (κ3) is 3.39. The number of carbonyl (C=O) groups is 1. The Balaban J connectivity index is 1.64. The van der Waals surface area contributed by atoms with Crippen molar-refractivity contribution in [1.29, 1.82) is 0 Å². The molecule has 0 radical (unpaired) electrons. The van der Waals surface area contributed by atoms with Crippen LogP contribution < -0.4 is 5.56 Å². The van der Waals surface area contributed by atoms with E-state index in [0.717, 1.165) is 36.1 Å². The SMILES string of the molecule is CC[C@H](C)N(C(=O)Cn1cnc2sc3c(c2c1=O)CCC3)[C@H]1CCS(=O)(=O)C1. The molecule has 2 aliphatic rings. The Labute approximate surface area is 168 Å². The van der Waals surface area contributed by atoms with Crippen molar-refractivity contribution in [3.63, 3.8) is 0 Å². The predicted molar refractivity (Wildman–Crippen MR) is 110 cm³/mol. The van der Waals surface area contributed by atoms with Crippen LogP contribution in [-0.4, -0.2) is 52.4 Å². The Kier molecular flexibility index (Phi) is 5.07. The first kappa shape index (κ1) is 19.6. The second kappa shape index (κ2) is 7.26. The molecule has 0 unspecified atom stereocenters. The third-order valence-corrected chi connectivity index (χ3v) is 8.90. The normalized spacial score (nSPS) is 21.7. The first-order valence-corrected chi connectivity index (χ1v) is 12.5. The summed E-state index contributed by atoms with van der Waals surface area (Å²) >= 11 is 1.58. The number of amides is 1. The summed E-state index contributed by atoms with van der Waals surface area (Å²) in [6.45, 7) is 3.80. The number of carbonyl (C=O) groups excluding carboxylic acids is 1. The average molecular weight is 424 g/mol. The van der Waals surface area contributed by atoms with Crippen molar-refractivity contribution < 1.29 is 13.2 Å². The number of hydrogen-bond acceptors (Lipinski definition) is 6. The Morgan fingerprint density at radius 2 is 2.21 bits per heavy atom. The van der Waals surface area contributed by atoms with Gasteiger partial charge in [0.1, 0.15) is 11.4 Å². The molecule has 0 N–H and O–H groups in total. The molecule has 9 heteroatoms. The van der Waals surface area contributed by atoms with Crippen LogP contribution in [0.1, 0.15) is 43.6 Å². The molecule has 2 aromatic heterocycles. The van der Waals surface area contributed by atoms with Crippen molar-refractivity contribution >= 4 is 37.3 Å². The molecule has 3 heterocycles. The molecule has 2 aromatic rings. The van der Waals surface area contributed by atoms with Crippen LogP contribution in [0.25, 0.3) is 10.2 Å². The van der Waals surface area contributed by atoms with Gasteiger partial charge in [0, 0.05) is 17.0 Å². The highest BCUT2D eigenvalue weighted by atomic mass is 32.2. The Hall–Kier alpha value is -1.74. The van der Waals surface area contributed by atoms with E-state index in [4.69, 9.17) is 0 Å². The summed E-state index contributed by atoms with van der Waals surface area (Å²) in [6, 6.07) is -0.395. The molecule has 1 aliphatic carbocycles. The molecule has 2 atom stereocenters. The van der Waals surface area contributed by atoms with Crippen LogP contribution in [0.2, 0.25) is 0 Å². The number of fused-ring (bicyclic) bond motifs is 3. The van der Waals surface area contributed by atoms with Gasteiger partial charge in [-0.05, 0) is 44.6 Å². The summed E-state index contributed by atoms with van der Waals surface area (Å²) in [5, 5.41) is 0.659. The molecule has 152 valence electrons. The number of sulfone groups is 1. The summed E-state index contributed by atoms with van der Waals surface area (Å²) in [6.07, 6.45) is 5.59. The molecule has 28 heavy (non-hydrogen) atoms. The van der Waals surface area contributed by atoms with Crippen LogP contribution >= 0.6 is 11.3 Å². The van der Waals surface area contributed by atoms with Gasteiger partial charge in [-0.15, -0.1) is 11.3 Å². The van der Waals surface area contributed by atoms with E-state index in [1.165, 1.54) is 15.8 Å². The highest BCUT2D eigenvalue weighted by molar-refractivity contribution is 7.91. The van der Waals surface area contributed by atoms with E-state index in [0.29, 0.717) is 11.8 Å². The van der Waals surface area contributed by atoms with Crippen LogP contribution in [0, 0.1) is 0 Å². The van der Waals surface area contributed by atoms with Gasteiger partial charge in [-0.3, -0.25) is 14.2 Å². The monoisotopic (exact) mass is 423 g/mol. The second-order valence-corrected chi connectivity index (χ2v) is 11.1. The summed E-state index contributed by atoms with van der Waals surface area (Å²) < 4.78 is 25.2. The number of thiophene rings is 1. The highest BCUT2D eigenvalue weighted by Gasteiger charge is 2.36. The van der Waals surface area contributed by atoms with Crippen LogP contribution in [-0.2, 0) is 34.0 Å². The van der Waals surface area contributed by atoms with Gasteiger partial charge in [-0.1, -0.05) is 6.92 Å². The fourth-order valence-corrected chi connectivity index (χ4v) is 7.29. The lowest BCUT2D eigenvalue weighted by atomic mass is 10.1. The minimum absolute atomic E-state index is 0.00724. The Morgan fingerprint density at radius 3 is 2.89 bits per heavy atom. The van der Waals surface area contributed by atoms with Gasteiger partial charge in [0.2, 0.25) is 5.91 Å². The molecule has 7 nitrogen and oxygen atoms in total. The lowest BCUT2D eigenvalue weighted by Crippen LogP contribution is -2.48. The molecular weight excluding hydrogens is 398 g/mol. The van der Waals surface area contributed by atoms with E-state index < -0.39 is 9.84 Å². The van der Waals surface area contributed by atoms with Crippen molar-refractivity contribution in [3.05, 3.63) is 27.1 Å². The summed E-state index contributed by atoms with van der Waals surface area (Å²) in [5.74, 6) is -0.0914. The lowest BCUT2D eigenvalue weighted by Gasteiger charge is -2.33. The third-order valence-electron chi connectivity index (χ3n) is 5.95. The summed E-state index contributed by atoms with van der Waals surface area (Å²) in [4.78, 5) is 34.2. The fraction of sp³-hybridized carbons (Fsp3) is 0.632. The maximum atomic E-state index is 13.1. The molecule has 0 bridgehead atoms. The summed E-state index contributed by atoms with van der Waals surface area (Å²) in [5.41, 5.74) is 0.931. The van der Waals surface area contributed by atoms with Crippen molar-refractivity contribution in [1.82, 2.24) is 14.5 Å². The van der Waals surface area contributed by atoms with E-state index >= 15 is 0 Å². The molecule has 4 rings (SSSR count). The van der Waals surface area contributed by atoms with Crippen LogP contribution in [0.15, 0.2) is 11.1 Å². The molecule has 1 fully saturated rings. The van der Waals surface area contributed by atoms with E-state index in [9.17, 15) is 18.0 Å². The van der Waals surface area contributed by atoms with Crippen molar-refractivity contribution in [2.75, 3.05) is 11.5 Å². The molecular formula is C19H25N3O4S2. The number of hydrogen-bond donors (Lipinski definition) is 0. The number of rotatable bonds is 5. The van der Waals surface area contributed by atoms with Gasteiger partial charge in [0.25, 0.3) is 5.56 Å². The fourth-order valence-electron chi connectivity index (χ4n) is 4.36. The molecule has 0 saturated carbocycles. The molecule has 0 spiro atoms.